The minimum Gasteiger partial charge on any atom is -0.406 e. The Balaban J connectivity index is 2.60. The van der Waals surface area contributed by atoms with Crippen LogP contribution in [0.5, 0.6) is 5.75 Å². The van der Waals surface area contributed by atoms with Gasteiger partial charge in [0, 0.05) is 11.8 Å². The third kappa shape index (κ3) is 5.62. The molecule has 0 aliphatic rings. The zero-order valence-electron chi connectivity index (χ0n) is 9.32. The fourth-order valence-corrected chi connectivity index (χ4v) is 1.31. The van der Waals surface area contributed by atoms with Gasteiger partial charge in [-0.25, -0.2) is 0 Å². The van der Waals surface area contributed by atoms with E-state index < -0.39 is 6.36 Å². The maximum atomic E-state index is 11.9. The molecule has 0 radical (unpaired) electrons. The van der Waals surface area contributed by atoms with E-state index in [1.165, 1.54) is 30.0 Å². The second kappa shape index (κ2) is 6.34. The summed E-state index contributed by atoms with van der Waals surface area (Å²) in [5, 5.41) is 4.08. The van der Waals surface area contributed by atoms with Gasteiger partial charge in [0.1, 0.15) is 5.75 Å². The largest absolute Gasteiger partial charge is 0.573 e. The van der Waals surface area contributed by atoms with Crippen molar-refractivity contribution in [1.82, 2.24) is 0 Å². The molecule has 1 N–H and O–H groups in total. The van der Waals surface area contributed by atoms with Crippen molar-refractivity contribution in [2.75, 3.05) is 11.6 Å². The molecule has 0 aliphatic heterocycles. The molecule has 0 aromatic heterocycles. The van der Waals surface area contributed by atoms with E-state index in [-0.39, 0.29) is 11.7 Å². The van der Waals surface area contributed by atoms with Crippen molar-refractivity contribution in [3.8, 4) is 5.75 Å². The van der Waals surface area contributed by atoms with Gasteiger partial charge in [-0.15, -0.1) is 24.9 Å². The molecule has 1 aromatic carbocycles. The monoisotopic (exact) mass is 277 g/mol. The number of halogens is 3. The van der Waals surface area contributed by atoms with E-state index in [0.29, 0.717) is 5.69 Å². The van der Waals surface area contributed by atoms with Crippen molar-refractivity contribution >= 4 is 23.4 Å². The van der Waals surface area contributed by atoms with Crippen LogP contribution in [0.2, 0.25) is 0 Å². The molecule has 0 fully saturated rings. The van der Waals surface area contributed by atoms with E-state index in [2.05, 4.69) is 10.1 Å². The minimum atomic E-state index is -4.72. The predicted octanol–water partition coefficient (Wildman–Crippen LogP) is 3.40. The molecular formula is C11H10F3NO2S. The van der Waals surface area contributed by atoms with Crippen molar-refractivity contribution in [2.45, 2.75) is 6.36 Å². The highest BCUT2D eigenvalue weighted by molar-refractivity contribution is 8.01. The summed E-state index contributed by atoms with van der Waals surface area (Å²) < 4.78 is 39.4. The third-order valence-corrected chi connectivity index (χ3v) is 2.12. The lowest BCUT2D eigenvalue weighted by Crippen LogP contribution is -2.17. The van der Waals surface area contributed by atoms with Crippen LogP contribution in [0.15, 0.2) is 35.7 Å². The van der Waals surface area contributed by atoms with Gasteiger partial charge in [0.05, 0.1) is 0 Å². The average Bonchev–Trinajstić information content (AvgIpc) is 2.27. The molecule has 0 bridgehead atoms. The van der Waals surface area contributed by atoms with Gasteiger partial charge in [-0.05, 0) is 35.9 Å². The van der Waals surface area contributed by atoms with Gasteiger partial charge in [-0.2, -0.15) is 0 Å². The highest BCUT2D eigenvalue weighted by Crippen LogP contribution is 2.23. The number of carbonyl (C=O) groups excluding carboxylic acids is 1. The Hall–Kier alpha value is -1.63. The van der Waals surface area contributed by atoms with Crippen LogP contribution >= 0.6 is 11.8 Å². The molecule has 0 saturated carbocycles. The smallest absolute Gasteiger partial charge is 0.406 e. The molecule has 0 saturated heterocycles. The topological polar surface area (TPSA) is 38.3 Å². The Morgan fingerprint density at radius 2 is 1.94 bits per heavy atom. The number of carbonyl (C=O) groups is 1. The van der Waals surface area contributed by atoms with Crippen LogP contribution in [-0.2, 0) is 4.79 Å². The Kier molecular flexibility index (Phi) is 5.08. The van der Waals surface area contributed by atoms with Crippen LogP contribution in [-0.4, -0.2) is 18.5 Å². The number of hydrogen-bond donors (Lipinski definition) is 1. The number of amides is 1. The fourth-order valence-electron chi connectivity index (χ4n) is 1.05. The van der Waals surface area contributed by atoms with Crippen LogP contribution in [0.4, 0.5) is 18.9 Å². The van der Waals surface area contributed by atoms with Crippen LogP contribution in [0, 0.1) is 0 Å². The van der Waals surface area contributed by atoms with Gasteiger partial charge in [0.2, 0.25) is 5.91 Å². The second-order valence-corrected chi connectivity index (χ2v) is 3.84. The van der Waals surface area contributed by atoms with Crippen LogP contribution in [0.25, 0.3) is 0 Å². The lowest BCUT2D eigenvalue weighted by Gasteiger charge is -2.09. The number of thioether (sulfide) groups is 1. The molecule has 0 heterocycles. The normalized spacial score (nSPS) is 11.6. The number of alkyl halides is 3. The maximum Gasteiger partial charge on any atom is 0.573 e. The number of rotatable bonds is 4. The third-order valence-electron chi connectivity index (χ3n) is 1.71. The van der Waals surface area contributed by atoms with E-state index in [1.54, 1.807) is 11.7 Å². The minimum absolute atomic E-state index is 0.333. The van der Waals surface area contributed by atoms with Crippen LogP contribution < -0.4 is 10.1 Å². The molecule has 18 heavy (non-hydrogen) atoms. The molecule has 3 nitrogen and oxygen atoms in total. The Morgan fingerprint density at radius 1 is 1.33 bits per heavy atom. The van der Waals surface area contributed by atoms with E-state index in [4.69, 9.17) is 0 Å². The van der Waals surface area contributed by atoms with Gasteiger partial charge in [0.15, 0.2) is 0 Å². The van der Waals surface area contributed by atoms with Gasteiger partial charge in [0.25, 0.3) is 0 Å². The molecule has 0 unspecified atom stereocenters. The lowest BCUT2D eigenvalue weighted by atomic mass is 10.3. The molecule has 1 rings (SSSR count). The Morgan fingerprint density at radius 3 is 2.44 bits per heavy atom. The SMILES string of the molecule is CS/C=C/C(=O)Nc1ccc(OC(F)(F)F)cc1. The highest BCUT2D eigenvalue weighted by Gasteiger charge is 2.30. The Bertz CT molecular complexity index is 429. The zero-order valence-corrected chi connectivity index (χ0v) is 10.1. The summed E-state index contributed by atoms with van der Waals surface area (Å²) in [6.07, 6.45) is -1.59. The predicted molar refractivity (Wildman–Crippen MR) is 64.4 cm³/mol. The van der Waals surface area contributed by atoms with E-state index >= 15 is 0 Å². The number of ether oxygens (including phenoxy) is 1. The second-order valence-electron chi connectivity index (χ2n) is 3.10. The molecule has 1 aromatic rings. The molecule has 1 amide bonds. The number of anilines is 1. The molecule has 0 spiro atoms. The first-order valence-corrected chi connectivity index (χ1v) is 6.05. The fraction of sp³-hybridized carbons (Fsp3) is 0.182. The van der Waals surface area contributed by atoms with Gasteiger partial charge in [-0.3, -0.25) is 4.79 Å². The van der Waals surface area contributed by atoms with E-state index in [1.807, 2.05) is 0 Å². The molecular weight excluding hydrogens is 267 g/mol. The number of hydrogen-bond acceptors (Lipinski definition) is 3. The zero-order chi connectivity index (χ0) is 13.6. The van der Waals surface area contributed by atoms with Crippen molar-refractivity contribution in [3.63, 3.8) is 0 Å². The van der Waals surface area contributed by atoms with Gasteiger partial charge >= 0.3 is 6.36 Å². The highest BCUT2D eigenvalue weighted by atomic mass is 32.2. The van der Waals surface area contributed by atoms with E-state index in [9.17, 15) is 18.0 Å². The van der Waals surface area contributed by atoms with Crippen molar-refractivity contribution < 1.29 is 22.7 Å². The molecule has 98 valence electrons. The first-order valence-electron chi connectivity index (χ1n) is 4.77. The van der Waals surface area contributed by atoms with Crippen LogP contribution in [0.3, 0.4) is 0 Å². The van der Waals surface area contributed by atoms with Crippen molar-refractivity contribution in [3.05, 3.63) is 35.7 Å². The van der Waals surface area contributed by atoms with Crippen LogP contribution in [0.1, 0.15) is 0 Å². The summed E-state index contributed by atoms with van der Waals surface area (Å²) >= 11 is 1.36. The van der Waals surface area contributed by atoms with Crippen molar-refractivity contribution in [2.24, 2.45) is 0 Å². The van der Waals surface area contributed by atoms with Gasteiger partial charge < -0.3 is 10.1 Å². The summed E-state index contributed by atoms with van der Waals surface area (Å²) in [5.74, 6) is -0.686. The summed E-state index contributed by atoms with van der Waals surface area (Å²) in [6.45, 7) is 0. The standard InChI is InChI=1S/C11H10F3NO2S/c1-18-7-6-10(16)15-8-2-4-9(5-3-8)17-11(12,13)14/h2-7H,1H3,(H,15,16)/b7-6+. The maximum absolute atomic E-state index is 11.9. The first-order chi connectivity index (χ1) is 8.40. The summed E-state index contributed by atoms with van der Waals surface area (Å²) in [4.78, 5) is 11.3. The number of benzene rings is 1. The summed E-state index contributed by atoms with van der Waals surface area (Å²) in [5.41, 5.74) is 0.389. The van der Waals surface area contributed by atoms with Crippen molar-refractivity contribution in [1.29, 1.82) is 0 Å². The van der Waals surface area contributed by atoms with Gasteiger partial charge in [-0.1, -0.05) is 0 Å². The quantitative estimate of drug-likeness (QED) is 0.857. The summed E-state index contributed by atoms with van der Waals surface area (Å²) in [7, 11) is 0. The molecule has 0 aliphatic carbocycles. The van der Waals surface area contributed by atoms with E-state index in [0.717, 1.165) is 12.1 Å². The molecule has 7 heteroatoms. The lowest BCUT2D eigenvalue weighted by molar-refractivity contribution is -0.274. The average molecular weight is 277 g/mol. The summed E-state index contributed by atoms with van der Waals surface area (Å²) in [6, 6.07) is 4.90. The number of nitrogens with one attached hydrogen (secondary N) is 1. The Labute approximate surface area is 106 Å². The molecule has 0 atom stereocenters. The first kappa shape index (κ1) is 14.4.